The number of carboxylic acid groups (broad SMARTS) is 1. The molecule has 0 spiro atoms. The number of hydrogen-bond donors (Lipinski definition) is 5. The second-order valence-corrected chi connectivity index (χ2v) is 11.3. The predicted molar refractivity (Wildman–Crippen MR) is 199 cm³/mol. The first kappa shape index (κ1) is 43.6. The van der Waals surface area contributed by atoms with E-state index in [2.05, 4.69) is 4.74 Å². The first-order valence-corrected chi connectivity index (χ1v) is 16.4. The lowest BCUT2D eigenvalue weighted by Crippen LogP contribution is -2.19. The zero-order valence-electron chi connectivity index (χ0n) is 29.7. The van der Waals surface area contributed by atoms with E-state index in [4.69, 9.17) is 51.7 Å². The summed E-state index contributed by atoms with van der Waals surface area (Å²) < 4.78 is 67.4. The van der Waals surface area contributed by atoms with Crippen molar-refractivity contribution in [3.63, 3.8) is 0 Å². The highest BCUT2D eigenvalue weighted by Gasteiger charge is 2.28. The van der Waals surface area contributed by atoms with Gasteiger partial charge in [-0.25, -0.2) is 19.2 Å². The van der Waals surface area contributed by atoms with E-state index in [9.17, 15) is 32.3 Å². The number of benzene rings is 4. The molecule has 0 unspecified atom stereocenters. The van der Waals surface area contributed by atoms with Crippen LogP contribution >= 0.6 is 0 Å². The number of alkyl halides is 3. The van der Waals surface area contributed by atoms with E-state index in [1.54, 1.807) is 12.1 Å². The number of carbonyl (C=O) groups is 4. The summed E-state index contributed by atoms with van der Waals surface area (Å²) in [4.78, 5) is 46.6. The van der Waals surface area contributed by atoms with Crippen LogP contribution < -0.4 is 32.4 Å². The molecule has 9 N–H and O–H groups in total. The van der Waals surface area contributed by atoms with Crippen molar-refractivity contribution in [1.29, 1.82) is 0 Å². The zero-order chi connectivity index (χ0) is 41.1. The highest BCUT2D eigenvalue weighted by atomic mass is 19.4. The standard InChI is InChI=1S/C31H31F3N2O9.C7H8N2O2/c32-31(33,34)20-44-26-8-4-22(5-9-26)30(39)45-27-6-1-21(2-7-27)3-10-28(37)42-15-13-40-11-12-41-14-16-43-29(38)23-17-24(35)19-25(36)18-23;8-5-1-4(7(10)11)2-6(9)3-5/h1-10,17-19H,11-16,20,35-36H2;1-3H,8-9H2,(H,10,11). The van der Waals surface area contributed by atoms with Crippen molar-refractivity contribution in [1.82, 2.24) is 0 Å². The molecule has 56 heavy (non-hydrogen) atoms. The third-order valence-corrected chi connectivity index (χ3v) is 6.74. The van der Waals surface area contributed by atoms with Crippen LogP contribution in [0.4, 0.5) is 35.9 Å². The van der Waals surface area contributed by atoms with E-state index in [0.717, 1.165) is 0 Å². The average molecular weight is 785 g/mol. The van der Waals surface area contributed by atoms with Crippen LogP contribution in [0.1, 0.15) is 36.6 Å². The monoisotopic (exact) mass is 784 g/mol. The topological polar surface area (TPSA) is 248 Å². The van der Waals surface area contributed by atoms with Gasteiger partial charge in [0.25, 0.3) is 0 Å². The van der Waals surface area contributed by atoms with Crippen LogP contribution in [-0.4, -0.2) is 81.4 Å². The SMILES string of the molecule is Nc1cc(N)cc(C(=O)O)c1.Nc1cc(N)cc(C(=O)OCCOCCOCCOC(=O)C=Cc2ccc(OC(=O)c3ccc(OCC(F)(F)F)cc3)cc2)c1. The number of aromatic carboxylic acids is 1. The number of anilines is 4. The number of carboxylic acids is 1. The number of ether oxygens (including phenoxy) is 6. The summed E-state index contributed by atoms with van der Waals surface area (Å²) in [6.07, 6.45) is -1.73. The predicted octanol–water partition coefficient (Wildman–Crippen LogP) is 5.01. The lowest BCUT2D eigenvalue weighted by Gasteiger charge is -2.09. The molecule has 4 aromatic rings. The van der Waals surface area contributed by atoms with E-state index < -0.39 is 36.7 Å². The molecule has 0 saturated carbocycles. The van der Waals surface area contributed by atoms with Crippen molar-refractivity contribution in [2.24, 2.45) is 0 Å². The van der Waals surface area contributed by atoms with E-state index >= 15 is 0 Å². The number of halogens is 3. The van der Waals surface area contributed by atoms with E-state index in [1.165, 1.54) is 84.9 Å². The highest BCUT2D eigenvalue weighted by molar-refractivity contribution is 5.92. The van der Waals surface area contributed by atoms with E-state index in [-0.39, 0.29) is 67.8 Å². The molecule has 0 amide bonds. The maximum absolute atomic E-state index is 12.3. The van der Waals surface area contributed by atoms with Gasteiger partial charge in [-0.3, -0.25) is 0 Å². The van der Waals surface area contributed by atoms with Crippen LogP contribution in [0, 0.1) is 0 Å². The molecule has 4 rings (SSSR count). The first-order valence-electron chi connectivity index (χ1n) is 16.4. The van der Waals surface area contributed by atoms with Gasteiger partial charge >= 0.3 is 30.1 Å². The molecule has 18 heteroatoms. The number of rotatable bonds is 17. The summed E-state index contributed by atoms with van der Waals surface area (Å²) in [6, 6.07) is 20.0. The molecule has 298 valence electrons. The number of nitrogens with two attached hydrogens (primary N) is 4. The summed E-state index contributed by atoms with van der Waals surface area (Å²) in [5.41, 5.74) is 24.6. The second kappa shape index (κ2) is 21.8. The Morgan fingerprint density at radius 3 is 1.59 bits per heavy atom. The van der Waals surface area contributed by atoms with E-state index in [1.807, 2.05) is 0 Å². The molecule has 0 aliphatic rings. The minimum absolute atomic E-state index is 0.0223. The number of nitrogen functional groups attached to an aromatic ring is 4. The Labute approximate surface area is 318 Å². The van der Waals surface area contributed by atoms with Crippen molar-refractivity contribution in [2.45, 2.75) is 6.18 Å². The third-order valence-electron chi connectivity index (χ3n) is 6.74. The molecule has 0 radical (unpaired) electrons. The Kier molecular flexibility index (Phi) is 17.0. The maximum atomic E-state index is 12.3. The normalized spacial score (nSPS) is 10.9. The van der Waals surface area contributed by atoms with Gasteiger partial charge in [0.15, 0.2) is 6.61 Å². The Hall–Kier alpha value is -6.79. The first-order chi connectivity index (χ1) is 26.6. The van der Waals surface area contributed by atoms with Crippen molar-refractivity contribution in [3.8, 4) is 11.5 Å². The number of hydrogen-bond acceptors (Lipinski definition) is 14. The van der Waals surface area contributed by atoms with Gasteiger partial charge in [-0.05, 0) is 84.4 Å². The van der Waals surface area contributed by atoms with Crippen molar-refractivity contribution in [2.75, 3.05) is 69.2 Å². The van der Waals surface area contributed by atoms with Gasteiger partial charge in [-0.15, -0.1) is 0 Å². The summed E-state index contributed by atoms with van der Waals surface area (Å²) in [5.74, 6) is -2.69. The summed E-state index contributed by atoms with van der Waals surface area (Å²) in [7, 11) is 0. The minimum atomic E-state index is -4.47. The molecule has 0 aliphatic carbocycles. The Morgan fingerprint density at radius 1 is 0.589 bits per heavy atom. The molecule has 0 aromatic heterocycles. The van der Waals surface area contributed by atoms with Gasteiger partial charge < -0.3 is 56.5 Å². The van der Waals surface area contributed by atoms with Crippen LogP contribution in [0.25, 0.3) is 6.08 Å². The smallest absolute Gasteiger partial charge is 0.422 e. The van der Waals surface area contributed by atoms with Gasteiger partial charge in [0.05, 0.1) is 43.1 Å². The molecule has 4 aromatic carbocycles. The Morgan fingerprint density at radius 2 is 1.07 bits per heavy atom. The molecular weight excluding hydrogens is 745 g/mol. The molecule has 0 fully saturated rings. The van der Waals surface area contributed by atoms with Gasteiger partial charge in [0, 0.05) is 28.8 Å². The summed E-state index contributed by atoms with van der Waals surface area (Å²) in [5, 5.41) is 8.52. The third kappa shape index (κ3) is 16.9. The van der Waals surface area contributed by atoms with E-state index in [0.29, 0.717) is 28.3 Å². The minimum Gasteiger partial charge on any atom is -0.484 e. The van der Waals surface area contributed by atoms with Gasteiger partial charge in [-0.1, -0.05) is 12.1 Å². The van der Waals surface area contributed by atoms with Crippen LogP contribution in [0.5, 0.6) is 11.5 Å². The van der Waals surface area contributed by atoms with Crippen LogP contribution in [0.15, 0.2) is 91.0 Å². The largest absolute Gasteiger partial charge is 0.484 e. The fourth-order valence-electron chi connectivity index (χ4n) is 4.27. The highest BCUT2D eigenvalue weighted by Crippen LogP contribution is 2.21. The Balaban J connectivity index is 0.000000655. The quantitative estimate of drug-likeness (QED) is 0.0311. The average Bonchev–Trinajstić information content (AvgIpc) is 3.13. The maximum Gasteiger partial charge on any atom is 0.422 e. The van der Waals surface area contributed by atoms with Crippen molar-refractivity contribution < 1.29 is 65.9 Å². The zero-order valence-corrected chi connectivity index (χ0v) is 29.7. The molecule has 15 nitrogen and oxygen atoms in total. The van der Waals surface area contributed by atoms with Crippen LogP contribution in [0.3, 0.4) is 0 Å². The molecular formula is C38H39F3N4O11. The van der Waals surface area contributed by atoms with Gasteiger partial charge in [-0.2, -0.15) is 13.2 Å². The second-order valence-electron chi connectivity index (χ2n) is 11.3. The summed E-state index contributed by atoms with van der Waals surface area (Å²) in [6.45, 7) is -0.576. The molecule has 0 saturated heterocycles. The fourth-order valence-corrected chi connectivity index (χ4v) is 4.27. The van der Waals surface area contributed by atoms with Crippen molar-refractivity contribution in [3.05, 3.63) is 113 Å². The molecule has 0 bridgehead atoms. The molecule has 0 aliphatic heterocycles. The molecule has 0 heterocycles. The van der Waals surface area contributed by atoms with Gasteiger partial charge in [0.2, 0.25) is 0 Å². The van der Waals surface area contributed by atoms with Gasteiger partial charge in [0.1, 0.15) is 24.7 Å². The lowest BCUT2D eigenvalue weighted by atomic mass is 10.2. The number of esters is 3. The van der Waals surface area contributed by atoms with Crippen LogP contribution in [-0.2, 0) is 23.7 Å². The lowest BCUT2D eigenvalue weighted by molar-refractivity contribution is -0.153. The molecule has 0 atom stereocenters. The number of carbonyl (C=O) groups excluding carboxylic acids is 3. The van der Waals surface area contributed by atoms with Crippen molar-refractivity contribution >= 4 is 52.7 Å². The fraction of sp³-hybridized carbons (Fsp3) is 0.211. The Bertz CT molecular complexity index is 1920. The summed E-state index contributed by atoms with van der Waals surface area (Å²) >= 11 is 0. The van der Waals surface area contributed by atoms with Crippen LogP contribution in [0.2, 0.25) is 0 Å².